The Morgan fingerprint density at radius 1 is 1.67 bits per heavy atom. The molecule has 0 aliphatic rings. The van der Waals surface area contributed by atoms with E-state index in [9.17, 15) is 9.90 Å². The first kappa shape index (κ1) is 12.7. The molecule has 0 radical (unpaired) electrons. The van der Waals surface area contributed by atoms with E-state index in [4.69, 9.17) is 23.2 Å². The molecule has 0 saturated carbocycles. The molecule has 0 aromatic rings. The average Bonchev–Trinajstić information content (AvgIpc) is 1.67. The molecule has 0 aliphatic carbocycles. The summed E-state index contributed by atoms with van der Waals surface area (Å²) in [6.45, 7) is 1.57. The maximum atomic E-state index is 9.88. The number of carboxylic acids is 1. The predicted molar refractivity (Wildman–Crippen MR) is 29.7 cm³/mol. The maximum Gasteiger partial charge on any atom is 1.00 e. The monoisotopic (exact) mass is 178 g/mol. The number of carboxylic acid groups (broad SMARTS) is 1. The van der Waals surface area contributed by atoms with E-state index in [2.05, 4.69) is 0 Å². The van der Waals surface area contributed by atoms with Crippen molar-refractivity contribution in [1.82, 2.24) is 0 Å². The van der Waals surface area contributed by atoms with Gasteiger partial charge in [-0.25, -0.2) is 0 Å². The van der Waals surface area contributed by atoms with Gasteiger partial charge in [0, 0.05) is 0 Å². The number of aliphatic carboxylic acids is 1. The van der Waals surface area contributed by atoms with Gasteiger partial charge >= 0.3 is 29.6 Å². The number of alkyl halides is 2. The number of hydrogen-bond donors (Lipinski definition) is 0. The van der Waals surface area contributed by atoms with E-state index < -0.39 is 10.3 Å². The summed E-state index contributed by atoms with van der Waals surface area (Å²) in [5, 5.41) is 9.88. The number of carbonyl (C=O) groups is 1. The van der Waals surface area contributed by atoms with Gasteiger partial charge in [-0.3, -0.25) is 0 Å². The van der Waals surface area contributed by atoms with Crippen molar-refractivity contribution in [2.45, 2.75) is 17.7 Å². The largest absolute Gasteiger partial charge is 1.00 e. The third-order valence-corrected chi connectivity index (χ3v) is 1.59. The molecule has 48 valence electrons. The molecule has 0 saturated heterocycles. The quantitative estimate of drug-likeness (QED) is 0.342. The van der Waals surface area contributed by atoms with Crippen LogP contribution in [0.1, 0.15) is 13.3 Å². The van der Waals surface area contributed by atoms with Crippen molar-refractivity contribution in [2.24, 2.45) is 0 Å². The average molecular weight is 179 g/mol. The second kappa shape index (κ2) is 4.80. The second-order valence-corrected chi connectivity index (χ2v) is 2.83. The number of hydrogen-bond acceptors (Lipinski definition) is 2. The van der Waals surface area contributed by atoms with E-state index in [1.807, 2.05) is 0 Å². The second-order valence-electron chi connectivity index (χ2n) is 1.35. The fourth-order valence-corrected chi connectivity index (χ4v) is 0.144. The van der Waals surface area contributed by atoms with Crippen LogP contribution in [0.5, 0.6) is 0 Å². The maximum absolute atomic E-state index is 9.88. The molecule has 0 unspecified atom stereocenters. The minimum atomic E-state index is -1.71. The Morgan fingerprint density at radius 2 is 2.00 bits per heavy atom. The van der Waals surface area contributed by atoms with Gasteiger partial charge in [0.25, 0.3) is 0 Å². The van der Waals surface area contributed by atoms with Crippen LogP contribution in [0.3, 0.4) is 0 Å². The molecule has 0 aromatic carbocycles. The van der Waals surface area contributed by atoms with Crippen LogP contribution in [0.25, 0.3) is 0 Å². The molecule has 0 spiro atoms. The standard InChI is InChI=1S/C4H6Cl2O2.Na/c1-2-4(5,6)3(7)8;/h2H2,1H3,(H,7,8);/q;+1/p-1. The van der Waals surface area contributed by atoms with Crippen LogP contribution in [0.4, 0.5) is 0 Å². The van der Waals surface area contributed by atoms with Crippen molar-refractivity contribution < 1.29 is 39.5 Å². The van der Waals surface area contributed by atoms with Crippen molar-refractivity contribution in [3.8, 4) is 0 Å². The molecule has 0 amide bonds. The Bertz CT molecular complexity index is 105. The molecule has 0 fully saturated rings. The molecule has 0 heterocycles. The third kappa shape index (κ3) is 4.45. The Kier molecular flexibility index (Phi) is 6.78. The number of rotatable bonds is 2. The first-order valence-corrected chi connectivity index (χ1v) is 2.85. The molecule has 0 N–H and O–H groups in total. The van der Waals surface area contributed by atoms with Gasteiger partial charge in [0.05, 0.1) is 5.97 Å². The molecular weight excluding hydrogens is 174 g/mol. The molecule has 0 atom stereocenters. The van der Waals surface area contributed by atoms with Crippen LogP contribution in [-0.4, -0.2) is 10.3 Å². The summed E-state index contributed by atoms with van der Waals surface area (Å²) in [5.41, 5.74) is 0. The molecule has 0 aliphatic heterocycles. The normalized spacial score (nSPS) is 10.1. The van der Waals surface area contributed by atoms with Crippen LogP contribution in [0, 0.1) is 0 Å². The summed E-state index contributed by atoms with van der Waals surface area (Å²) >= 11 is 10.3. The summed E-state index contributed by atoms with van der Waals surface area (Å²) in [7, 11) is 0. The minimum Gasteiger partial charge on any atom is -0.547 e. The van der Waals surface area contributed by atoms with E-state index >= 15 is 0 Å². The van der Waals surface area contributed by atoms with Gasteiger partial charge in [-0.15, -0.1) is 0 Å². The Morgan fingerprint density at radius 3 is 2.00 bits per heavy atom. The van der Waals surface area contributed by atoms with Gasteiger partial charge in [-0.2, -0.15) is 0 Å². The van der Waals surface area contributed by atoms with Crippen molar-refractivity contribution in [3.05, 3.63) is 0 Å². The zero-order valence-corrected chi connectivity index (χ0v) is 8.79. The first-order chi connectivity index (χ1) is 3.50. The molecule has 5 heteroatoms. The van der Waals surface area contributed by atoms with Crippen molar-refractivity contribution in [1.29, 1.82) is 0 Å². The summed E-state index contributed by atoms with van der Waals surface area (Å²) in [6, 6.07) is 0. The fraction of sp³-hybridized carbons (Fsp3) is 0.750. The van der Waals surface area contributed by atoms with Crippen LogP contribution in [0.2, 0.25) is 0 Å². The van der Waals surface area contributed by atoms with Crippen LogP contribution in [0.15, 0.2) is 0 Å². The van der Waals surface area contributed by atoms with Gasteiger partial charge in [-0.1, -0.05) is 30.1 Å². The van der Waals surface area contributed by atoms with Crippen molar-refractivity contribution >= 4 is 29.2 Å². The SMILES string of the molecule is CCC(Cl)(Cl)C(=O)[O-].[Na+]. The van der Waals surface area contributed by atoms with Crippen LogP contribution < -0.4 is 34.7 Å². The van der Waals surface area contributed by atoms with E-state index in [0.29, 0.717) is 0 Å². The van der Waals surface area contributed by atoms with Gasteiger partial charge in [0.1, 0.15) is 0 Å². The van der Waals surface area contributed by atoms with E-state index in [-0.39, 0.29) is 36.0 Å². The topological polar surface area (TPSA) is 40.1 Å². The summed E-state index contributed by atoms with van der Waals surface area (Å²) in [6.07, 6.45) is 0.151. The molecule has 0 aromatic heterocycles. The Labute approximate surface area is 85.8 Å². The summed E-state index contributed by atoms with van der Waals surface area (Å²) in [4.78, 5) is 9.88. The first-order valence-electron chi connectivity index (χ1n) is 2.10. The summed E-state index contributed by atoms with van der Waals surface area (Å²) < 4.78 is -1.71. The third-order valence-electron chi connectivity index (χ3n) is 0.743. The zero-order valence-electron chi connectivity index (χ0n) is 5.28. The molecule has 0 rings (SSSR count). The number of carbonyl (C=O) groups excluding carboxylic acids is 1. The van der Waals surface area contributed by atoms with E-state index in [1.165, 1.54) is 0 Å². The molecule has 0 bridgehead atoms. The van der Waals surface area contributed by atoms with Gasteiger partial charge < -0.3 is 9.90 Å². The van der Waals surface area contributed by atoms with Crippen molar-refractivity contribution in [3.63, 3.8) is 0 Å². The predicted octanol–water partition coefficient (Wildman–Crippen LogP) is -2.68. The van der Waals surface area contributed by atoms with Crippen molar-refractivity contribution in [2.75, 3.05) is 0 Å². The summed E-state index contributed by atoms with van der Waals surface area (Å²) in [5.74, 6) is -1.44. The number of halogens is 2. The van der Waals surface area contributed by atoms with Gasteiger partial charge in [0.2, 0.25) is 0 Å². The Hall–Kier alpha value is 1.05. The van der Waals surface area contributed by atoms with E-state index in [1.54, 1.807) is 6.92 Å². The smallest absolute Gasteiger partial charge is 0.547 e. The van der Waals surface area contributed by atoms with E-state index in [0.717, 1.165) is 0 Å². The fourth-order valence-electron chi connectivity index (χ4n) is 0.144. The molecule has 2 nitrogen and oxygen atoms in total. The van der Waals surface area contributed by atoms with Crippen LogP contribution in [-0.2, 0) is 4.79 Å². The van der Waals surface area contributed by atoms with Crippen LogP contribution >= 0.6 is 23.2 Å². The van der Waals surface area contributed by atoms with Gasteiger partial charge in [-0.05, 0) is 6.42 Å². The molecule has 9 heavy (non-hydrogen) atoms. The Balaban J connectivity index is 0. The van der Waals surface area contributed by atoms with Gasteiger partial charge in [0.15, 0.2) is 4.33 Å². The molecular formula is C4H5Cl2NaO2. The minimum absolute atomic E-state index is 0. The zero-order chi connectivity index (χ0) is 6.78.